The topological polar surface area (TPSA) is 29.5 Å². The van der Waals surface area contributed by atoms with E-state index in [1.165, 1.54) is 0 Å². The van der Waals surface area contributed by atoms with E-state index in [0.29, 0.717) is 13.2 Å². The quantitative estimate of drug-likeness (QED) is 0.747. The van der Waals surface area contributed by atoms with Crippen LogP contribution in [-0.2, 0) is 11.3 Å². The van der Waals surface area contributed by atoms with Crippen molar-refractivity contribution in [3.8, 4) is 5.75 Å². The minimum atomic E-state index is -0.530. The molecule has 0 heterocycles. The maximum absolute atomic E-state index is 12.1. The van der Waals surface area contributed by atoms with Gasteiger partial charge in [-0.25, -0.2) is 0 Å². The first kappa shape index (κ1) is 16.0. The van der Waals surface area contributed by atoms with E-state index in [1.807, 2.05) is 45.2 Å². The predicted molar refractivity (Wildman–Crippen MR) is 81.7 cm³/mol. The summed E-state index contributed by atoms with van der Waals surface area (Å²) in [4.78, 5) is 13.8. The molecule has 0 N–H and O–H groups in total. The van der Waals surface area contributed by atoms with Gasteiger partial charge in [0.05, 0.1) is 10.9 Å². The Bertz CT molecular complexity index is 426. The molecule has 1 rings (SSSR count). The van der Waals surface area contributed by atoms with Crippen molar-refractivity contribution in [2.75, 3.05) is 13.7 Å². The van der Waals surface area contributed by atoms with Crippen molar-refractivity contribution < 1.29 is 9.53 Å². The van der Waals surface area contributed by atoms with Crippen molar-refractivity contribution in [2.24, 2.45) is 0 Å². The molecule has 19 heavy (non-hydrogen) atoms. The van der Waals surface area contributed by atoms with E-state index >= 15 is 0 Å². The summed E-state index contributed by atoms with van der Waals surface area (Å²) in [6.07, 6.45) is 0.987. The van der Waals surface area contributed by atoms with Gasteiger partial charge < -0.3 is 9.64 Å². The molecule has 1 aromatic carbocycles. The molecule has 4 heteroatoms. The van der Waals surface area contributed by atoms with Gasteiger partial charge in [0.15, 0.2) is 0 Å². The smallest absolute Gasteiger partial charge is 0.238 e. The molecule has 1 aromatic rings. The van der Waals surface area contributed by atoms with Crippen molar-refractivity contribution in [1.29, 1.82) is 0 Å². The summed E-state index contributed by atoms with van der Waals surface area (Å²) < 4.78 is 5.06. The number of hydrogen-bond acceptors (Lipinski definition) is 2. The van der Waals surface area contributed by atoms with Crippen LogP contribution in [0.3, 0.4) is 0 Å². The van der Waals surface area contributed by atoms with E-state index in [1.54, 1.807) is 4.90 Å². The summed E-state index contributed by atoms with van der Waals surface area (Å²) in [6.45, 7) is 7.08. The normalized spacial score (nSPS) is 11.2. The van der Waals surface area contributed by atoms with Gasteiger partial charge in [-0.3, -0.25) is 4.79 Å². The highest BCUT2D eigenvalue weighted by Gasteiger charge is 2.26. The van der Waals surface area contributed by atoms with Crippen molar-refractivity contribution in [2.45, 2.75) is 38.1 Å². The van der Waals surface area contributed by atoms with E-state index in [9.17, 15) is 4.79 Å². The molecule has 0 aromatic heterocycles. The standard InChI is InChI=1S/C15H22BrNO2/c1-5-9-19-13-8-6-7-12(10-13)11-17(4)14(18)15(2,3)16/h6-8,10H,5,9,11H2,1-4H3. The van der Waals surface area contributed by atoms with Gasteiger partial charge in [0.2, 0.25) is 5.91 Å². The van der Waals surface area contributed by atoms with Gasteiger partial charge in [0.25, 0.3) is 0 Å². The third kappa shape index (κ3) is 5.23. The minimum absolute atomic E-state index is 0.0624. The molecule has 0 aliphatic heterocycles. The Morgan fingerprint density at radius 2 is 2.11 bits per heavy atom. The van der Waals surface area contributed by atoms with Gasteiger partial charge in [-0.1, -0.05) is 35.0 Å². The van der Waals surface area contributed by atoms with Crippen LogP contribution in [0.2, 0.25) is 0 Å². The van der Waals surface area contributed by atoms with Crippen LogP contribution in [0.15, 0.2) is 24.3 Å². The third-order valence-corrected chi connectivity index (χ3v) is 2.99. The van der Waals surface area contributed by atoms with Gasteiger partial charge in [0.1, 0.15) is 5.75 Å². The molecule has 0 saturated carbocycles. The zero-order valence-corrected chi connectivity index (χ0v) is 13.7. The Labute approximate surface area is 124 Å². The summed E-state index contributed by atoms with van der Waals surface area (Å²) in [6, 6.07) is 7.89. The van der Waals surface area contributed by atoms with Crippen molar-refractivity contribution in [3.05, 3.63) is 29.8 Å². The fraction of sp³-hybridized carbons (Fsp3) is 0.533. The van der Waals surface area contributed by atoms with Gasteiger partial charge in [-0.2, -0.15) is 0 Å². The zero-order chi connectivity index (χ0) is 14.5. The number of ether oxygens (including phenoxy) is 1. The number of nitrogens with zero attached hydrogens (tertiary/aromatic N) is 1. The maximum Gasteiger partial charge on any atom is 0.238 e. The average Bonchev–Trinajstić information content (AvgIpc) is 2.34. The Balaban J connectivity index is 2.69. The second kappa shape index (κ2) is 6.94. The lowest BCUT2D eigenvalue weighted by molar-refractivity contribution is -0.131. The van der Waals surface area contributed by atoms with Gasteiger partial charge in [-0.15, -0.1) is 0 Å². The number of halogens is 1. The first-order chi connectivity index (χ1) is 8.84. The maximum atomic E-state index is 12.1. The molecule has 0 unspecified atom stereocenters. The van der Waals surface area contributed by atoms with Crippen LogP contribution in [0.4, 0.5) is 0 Å². The molecule has 0 spiro atoms. The molecular weight excluding hydrogens is 306 g/mol. The molecule has 0 saturated heterocycles. The molecule has 106 valence electrons. The highest BCUT2D eigenvalue weighted by Crippen LogP contribution is 2.21. The molecule has 3 nitrogen and oxygen atoms in total. The van der Waals surface area contributed by atoms with Crippen molar-refractivity contribution >= 4 is 21.8 Å². The fourth-order valence-corrected chi connectivity index (χ4v) is 2.06. The van der Waals surface area contributed by atoms with Crippen LogP contribution in [-0.4, -0.2) is 28.8 Å². The summed E-state index contributed by atoms with van der Waals surface area (Å²) in [5.74, 6) is 0.922. The largest absolute Gasteiger partial charge is 0.494 e. The summed E-state index contributed by atoms with van der Waals surface area (Å²) in [5.41, 5.74) is 1.07. The minimum Gasteiger partial charge on any atom is -0.494 e. The Morgan fingerprint density at radius 1 is 1.42 bits per heavy atom. The Morgan fingerprint density at radius 3 is 2.68 bits per heavy atom. The highest BCUT2D eigenvalue weighted by molar-refractivity contribution is 9.10. The lowest BCUT2D eigenvalue weighted by Gasteiger charge is -2.24. The first-order valence-electron chi connectivity index (χ1n) is 6.50. The van der Waals surface area contributed by atoms with Gasteiger partial charge >= 0.3 is 0 Å². The third-order valence-electron chi connectivity index (χ3n) is 2.65. The van der Waals surface area contributed by atoms with Crippen LogP contribution in [0, 0.1) is 0 Å². The molecule has 0 bridgehead atoms. The van der Waals surface area contributed by atoms with E-state index in [0.717, 1.165) is 17.7 Å². The van der Waals surface area contributed by atoms with Crippen molar-refractivity contribution in [1.82, 2.24) is 4.90 Å². The SMILES string of the molecule is CCCOc1cccc(CN(C)C(=O)C(C)(C)Br)c1. The molecule has 1 amide bonds. The van der Waals surface area contributed by atoms with Crippen LogP contribution in [0.1, 0.15) is 32.8 Å². The summed E-state index contributed by atoms with van der Waals surface area (Å²) in [5, 5.41) is 0. The van der Waals surface area contributed by atoms with Crippen LogP contribution >= 0.6 is 15.9 Å². The molecule has 0 fully saturated rings. The number of amides is 1. The van der Waals surface area contributed by atoms with E-state index in [2.05, 4.69) is 22.9 Å². The number of rotatable bonds is 6. The first-order valence-corrected chi connectivity index (χ1v) is 7.30. The lowest BCUT2D eigenvalue weighted by atomic mass is 10.1. The number of carbonyl (C=O) groups is 1. The molecule has 0 aliphatic carbocycles. The molecule has 0 aliphatic rings. The van der Waals surface area contributed by atoms with E-state index in [4.69, 9.17) is 4.74 Å². The highest BCUT2D eigenvalue weighted by atomic mass is 79.9. The monoisotopic (exact) mass is 327 g/mol. The Kier molecular flexibility index (Phi) is 5.85. The van der Waals surface area contributed by atoms with Crippen LogP contribution in [0.25, 0.3) is 0 Å². The molecule has 0 atom stereocenters. The Hall–Kier alpha value is -1.03. The predicted octanol–water partition coefficient (Wildman–Crippen LogP) is 3.61. The lowest BCUT2D eigenvalue weighted by Crippen LogP contribution is -2.38. The number of benzene rings is 1. The van der Waals surface area contributed by atoms with Gasteiger partial charge in [0, 0.05) is 13.6 Å². The number of alkyl halides is 1. The second-order valence-corrected chi connectivity index (χ2v) is 7.11. The number of hydrogen-bond donors (Lipinski definition) is 0. The zero-order valence-electron chi connectivity index (χ0n) is 12.1. The average molecular weight is 328 g/mol. The molecular formula is C15H22BrNO2. The van der Waals surface area contributed by atoms with Gasteiger partial charge in [-0.05, 0) is 38.0 Å². The van der Waals surface area contributed by atoms with Crippen LogP contribution in [0.5, 0.6) is 5.75 Å². The van der Waals surface area contributed by atoms with Crippen LogP contribution < -0.4 is 4.74 Å². The molecule has 0 radical (unpaired) electrons. The summed E-state index contributed by atoms with van der Waals surface area (Å²) >= 11 is 3.39. The van der Waals surface area contributed by atoms with E-state index < -0.39 is 4.32 Å². The summed E-state index contributed by atoms with van der Waals surface area (Å²) in [7, 11) is 1.81. The fourth-order valence-electron chi connectivity index (χ4n) is 1.75. The van der Waals surface area contributed by atoms with E-state index in [-0.39, 0.29) is 5.91 Å². The number of carbonyl (C=O) groups excluding carboxylic acids is 1. The van der Waals surface area contributed by atoms with Crippen molar-refractivity contribution in [3.63, 3.8) is 0 Å². The second-order valence-electron chi connectivity index (χ2n) is 5.13.